The van der Waals surface area contributed by atoms with Crippen LogP contribution in [0.4, 0.5) is 5.69 Å². The molecule has 116 valence electrons. The van der Waals surface area contributed by atoms with Crippen molar-refractivity contribution in [3.8, 4) is 5.75 Å². The highest BCUT2D eigenvalue weighted by molar-refractivity contribution is 6.44. The smallest absolute Gasteiger partial charge is 0.265 e. The fourth-order valence-corrected chi connectivity index (χ4v) is 2.34. The number of ether oxygens (including phenoxy) is 1. The van der Waals surface area contributed by atoms with Crippen molar-refractivity contribution >= 4 is 34.8 Å². The summed E-state index contributed by atoms with van der Waals surface area (Å²) < 4.78 is 5.75. The number of nitrogens with one attached hydrogen (secondary N) is 1. The van der Waals surface area contributed by atoms with Crippen LogP contribution < -0.4 is 10.1 Å². The lowest BCUT2D eigenvalue weighted by Crippen LogP contribution is -2.30. The summed E-state index contributed by atoms with van der Waals surface area (Å²) in [7, 11) is 0. The minimum Gasteiger partial charge on any atom is -0.481 e. The van der Waals surface area contributed by atoms with Crippen molar-refractivity contribution in [3.63, 3.8) is 0 Å². The van der Waals surface area contributed by atoms with Crippen LogP contribution in [0.25, 0.3) is 0 Å². The number of carbonyl (C=O) groups is 1. The van der Waals surface area contributed by atoms with E-state index in [0.29, 0.717) is 21.5 Å². The highest BCUT2D eigenvalue weighted by atomic mass is 35.5. The summed E-state index contributed by atoms with van der Waals surface area (Å²) in [6.45, 7) is 3.74. The number of rotatable bonds is 5. The molecule has 0 aliphatic carbocycles. The molecule has 3 nitrogen and oxygen atoms in total. The summed E-state index contributed by atoms with van der Waals surface area (Å²) in [5.41, 5.74) is 1.53. The van der Waals surface area contributed by atoms with Crippen molar-refractivity contribution in [2.24, 2.45) is 0 Å². The van der Waals surface area contributed by atoms with E-state index in [1.807, 2.05) is 31.2 Å². The Balaban J connectivity index is 2.08. The van der Waals surface area contributed by atoms with E-state index in [0.717, 1.165) is 12.0 Å². The number of benzene rings is 2. The van der Waals surface area contributed by atoms with Crippen molar-refractivity contribution in [2.75, 3.05) is 5.32 Å². The van der Waals surface area contributed by atoms with Gasteiger partial charge in [-0.1, -0.05) is 54.4 Å². The third-order valence-corrected chi connectivity index (χ3v) is 4.05. The zero-order valence-electron chi connectivity index (χ0n) is 12.4. The number of aryl methyl sites for hydroxylation is 1. The predicted molar refractivity (Wildman–Crippen MR) is 91.0 cm³/mol. The molecule has 1 N–H and O–H groups in total. The lowest BCUT2D eigenvalue weighted by molar-refractivity contribution is -0.122. The Bertz CT molecular complexity index is 673. The van der Waals surface area contributed by atoms with Gasteiger partial charge in [-0.2, -0.15) is 0 Å². The minimum atomic E-state index is -0.650. The molecular formula is C17H17Cl2NO2. The highest BCUT2D eigenvalue weighted by Gasteiger charge is 2.17. The quantitative estimate of drug-likeness (QED) is 0.837. The molecule has 2 aromatic rings. The Labute approximate surface area is 140 Å². The fraction of sp³-hybridized carbons (Fsp3) is 0.235. The van der Waals surface area contributed by atoms with Gasteiger partial charge in [-0.25, -0.2) is 0 Å². The highest BCUT2D eigenvalue weighted by Crippen LogP contribution is 2.29. The molecule has 1 amide bonds. The van der Waals surface area contributed by atoms with E-state index in [-0.39, 0.29) is 5.91 Å². The topological polar surface area (TPSA) is 38.3 Å². The van der Waals surface area contributed by atoms with Crippen LogP contribution in [0, 0.1) is 0 Å². The molecule has 22 heavy (non-hydrogen) atoms. The monoisotopic (exact) mass is 337 g/mol. The van der Waals surface area contributed by atoms with Crippen molar-refractivity contribution in [2.45, 2.75) is 26.4 Å². The summed E-state index contributed by atoms with van der Waals surface area (Å²) in [4.78, 5) is 12.2. The van der Waals surface area contributed by atoms with Gasteiger partial charge in [0, 0.05) is 0 Å². The molecule has 0 saturated heterocycles. The first-order valence-electron chi connectivity index (χ1n) is 7.02. The molecule has 2 aromatic carbocycles. The molecule has 0 saturated carbocycles. The molecule has 0 unspecified atom stereocenters. The molecule has 0 aromatic heterocycles. The first-order chi connectivity index (χ1) is 10.5. The Morgan fingerprint density at radius 2 is 1.91 bits per heavy atom. The van der Waals surface area contributed by atoms with Gasteiger partial charge in [0.25, 0.3) is 5.91 Å². The molecule has 0 heterocycles. The number of carbonyl (C=O) groups excluding carboxylic acids is 1. The largest absolute Gasteiger partial charge is 0.481 e. The molecule has 0 radical (unpaired) electrons. The summed E-state index contributed by atoms with van der Waals surface area (Å²) >= 11 is 12.0. The van der Waals surface area contributed by atoms with Gasteiger partial charge in [-0.15, -0.1) is 0 Å². The molecule has 2 rings (SSSR count). The van der Waals surface area contributed by atoms with Gasteiger partial charge >= 0.3 is 0 Å². The number of halogens is 2. The second-order valence-electron chi connectivity index (χ2n) is 4.81. The van der Waals surface area contributed by atoms with Crippen molar-refractivity contribution in [1.29, 1.82) is 0 Å². The normalized spacial score (nSPS) is 11.8. The van der Waals surface area contributed by atoms with E-state index >= 15 is 0 Å². The predicted octanol–water partition coefficient (Wildman–Crippen LogP) is 4.96. The van der Waals surface area contributed by atoms with Crippen LogP contribution in [-0.4, -0.2) is 12.0 Å². The fourth-order valence-electron chi connectivity index (χ4n) is 1.99. The maximum Gasteiger partial charge on any atom is 0.265 e. The van der Waals surface area contributed by atoms with E-state index in [2.05, 4.69) is 5.32 Å². The van der Waals surface area contributed by atoms with Crippen LogP contribution in [0.5, 0.6) is 5.75 Å². The number of hydrogen-bond acceptors (Lipinski definition) is 2. The van der Waals surface area contributed by atoms with Gasteiger partial charge in [0.15, 0.2) is 6.10 Å². The summed E-state index contributed by atoms with van der Waals surface area (Å²) in [5, 5.41) is 3.44. The first-order valence-corrected chi connectivity index (χ1v) is 7.78. The Kier molecular flexibility index (Phi) is 5.69. The van der Waals surface area contributed by atoms with Gasteiger partial charge < -0.3 is 10.1 Å². The van der Waals surface area contributed by atoms with Gasteiger partial charge in [0.2, 0.25) is 0 Å². The molecule has 0 spiro atoms. The number of para-hydroxylation sites is 1. The van der Waals surface area contributed by atoms with E-state index in [1.54, 1.807) is 25.1 Å². The Morgan fingerprint density at radius 3 is 2.64 bits per heavy atom. The zero-order valence-corrected chi connectivity index (χ0v) is 13.9. The molecule has 0 aliphatic rings. The van der Waals surface area contributed by atoms with Gasteiger partial charge in [-0.3, -0.25) is 4.79 Å². The summed E-state index contributed by atoms with van der Waals surface area (Å²) in [5.74, 6) is 0.430. The van der Waals surface area contributed by atoms with Crippen molar-refractivity contribution < 1.29 is 9.53 Å². The van der Waals surface area contributed by atoms with Crippen LogP contribution >= 0.6 is 23.2 Å². The molecule has 0 aliphatic heterocycles. The Morgan fingerprint density at radius 1 is 1.18 bits per heavy atom. The van der Waals surface area contributed by atoms with Crippen LogP contribution in [0.1, 0.15) is 19.4 Å². The van der Waals surface area contributed by atoms with Crippen LogP contribution in [-0.2, 0) is 11.2 Å². The van der Waals surface area contributed by atoms with Crippen LogP contribution in [0.3, 0.4) is 0 Å². The molecular weight excluding hydrogens is 321 g/mol. The van der Waals surface area contributed by atoms with Gasteiger partial charge in [0.1, 0.15) is 5.75 Å². The summed E-state index contributed by atoms with van der Waals surface area (Å²) in [6, 6.07) is 12.7. The van der Waals surface area contributed by atoms with Crippen LogP contribution in [0.15, 0.2) is 42.5 Å². The van der Waals surface area contributed by atoms with E-state index < -0.39 is 6.10 Å². The number of amides is 1. The lowest BCUT2D eigenvalue weighted by Gasteiger charge is -2.17. The average molecular weight is 338 g/mol. The third kappa shape index (κ3) is 3.93. The van der Waals surface area contributed by atoms with Crippen LogP contribution in [0.2, 0.25) is 10.0 Å². The zero-order chi connectivity index (χ0) is 16.1. The maximum absolute atomic E-state index is 12.2. The van der Waals surface area contributed by atoms with E-state index in [4.69, 9.17) is 27.9 Å². The van der Waals surface area contributed by atoms with Crippen molar-refractivity contribution in [1.82, 2.24) is 0 Å². The first kappa shape index (κ1) is 16.7. The molecule has 1 atom stereocenters. The summed E-state index contributed by atoms with van der Waals surface area (Å²) in [6.07, 6.45) is 0.188. The Hall–Kier alpha value is -1.71. The maximum atomic E-state index is 12.2. The number of anilines is 1. The second kappa shape index (κ2) is 7.52. The average Bonchev–Trinajstić information content (AvgIpc) is 2.52. The van der Waals surface area contributed by atoms with Gasteiger partial charge in [-0.05, 0) is 37.1 Å². The SMILES string of the molecule is CCc1ccccc1O[C@@H](C)C(=O)Nc1cccc(Cl)c1Cl. The molecule has 0 bridgehead atoms. The van der Waals surface area contributed by atoms with Gasteiger partial charge in [0.05, 0.1) is 15.7 Å². The third-order valence-electron chi connectivity index (χ3n) is 3.24. The van der Waals surface area contributed by atoms with Crippen molar-refractivity contribution in [3.05, 3.63) is 58.1 Å². The van der Waals surface area contributed by atoms with E-state index in [1.165, 1.54) is 0 Å². The number of hydrogen-bond donors (Lipinski definition) is 1. The standard InChI is InChI=1S/C17H17Cl2NO2/c1-3-12-7-4-5-10-15(12)22-11(2)17(21)20-14-9-6-8-13(18)16(14)19/h4-11H,3H2,1-2H3,(H,20,21)/t11-/m0/s1. The minimum absolute atomic E-state index is 0.282. The second-order valence-corrected chi connectivity index (χ2v) is 5.60. The molecule has 0 fully saturated rings. The lowest BCUT2D eigenvalue weighted by atomic mass is 10.1. The molecule has 5 heteroatoms. The van der Waals surface area contributed by atoms with E-state index in [9.17, 15) is 4.79 Å².